The lowest BCUT2D eigenvalue weighted by Crippen LogP contribution is -2.68. The molecule has 0 spiro atoms. The van der Waals surface area contributed by atoms with Gasteiger partial charge in [-0.2, -0.15) is 0 Å². The number of hydrogen-bond acceptors (Lipinski definition) is 6. The van der Waals surface area contributed by atoms with Crippen LogP contribution in [0.2, 0.25) is 0 Å². The standard InChI is InChI=1S/C22H19O2S.ClHO4/c1-24-22(23)14-8-9-17-15-20(18-10-4-2-5-11-18)25-21(16-17)19-12-6-3-7-13-19;2-1(3,4)5/h2-8,10-16H,9H2,1H3;(H,2,3,4,5)/q+1;/p-1/b14-8+;. The number of allylic oxidation sites excluding steroid dienone is 1. The molecule has 156 valence electrons. The molecule has 0 amide bonds. The Morgan fingerprint density at radius 2 is 1.33 bits per heavy atom. The first kappa shape index (κ1) is 23.6. The third kappa shape index (κ3) is 8.79. The number of methoxy groups -OCH3 is 1. The molecule has 0 atom stereocenters. The Morgan fingerprint density at radius 1 is 0.900 bits per heavy atom. The van der Waals surface area contributed by atoms with Crippen molar-refractivity contribution in [3.05, 3.63) is 90.5 Å². The fourth-order valence-corrected chi connectivity index (χ4v) is 3.69. The first-order chi connectivity index (χ1) is 14.3. The second-order valence-electron chi connectivity index (χ2n) is 5.93. The summed E-state index contributed by atoms with van der Waals surface area (Å²) in [5.74, 6) is -0.328. The molecule has 2 aromatic carbocycles. The SMILES string of the molecule is COC(=O)/C=C/Cc1cc(-c2ccccc2)[s+]c(-c2ccccc2)c1.[O-][Cl+3]([O-])([O-])[O-]. The second-order valence-corrected chi connectivity index (χ2v) is 7.77. The zero-order valence-electron chi connectivity index (χ0n) is 16.0. The zero-order chi connectivity index (χ0) is 22.0. The Bertz CT molecular complexity index is 908. The Morgan fingerprint density at radius 3 is 1.73 bits per heavy atom. The van der Waals surface area contributed by atoms with E-state index in [9.17, 15) is 4.79 Å². The molecule has 6 nitrogen and oxygen atoms in total. The normalized spacial score (nSPS) is 11.0. The number of ether oxygens (including phenoxy) is 1. The van der Waals surface area contributed by atoms with Crippen LogP contribution >= 0.6 is 11.3 Å². The number of carbonyl (C=O) groups excluding carboxylic acids is 1. The van der Waals surface area contributed by atoms with Crippen molar-refractivity contribution in [3.63, 3.8) is 0 Å². The maximum absolute atomic E-state index is 11.3. The van der Waals surface area contributed by atoms with E-state index in [-0.39, 0.29) is 5.97 Å². The van der Waals surface area contributed by atoms with Gasteiger partial charge in [0.25, 0.3) is 0 Å². The minimum atomic E-state index is -4.94. The van der Waals surface area contributed by atoms with Crippen molar-refractivity contribution in [1.29, 1.82) is 0 Å². The van der Waals surface area contributed by atoms with E-state index < -0.39 is 10.2 Å². The fourth-order valence-electron chi connectivity index (χ4n) is 2.52. The van der Waals surface area contributed by atoms with Gasteiger partial charge in [-0.05, 0) is 36.2 Å². The van der Waals surface area contributed by atoms with Gasteiger partial charge in [0.1, 0.15) is 0 Å². The first-order valence-electron chi connectivity index (χ1n) is 8.70. The van der Waals surface area contributed by atoms with Crippen molar-refractivity contribution < 1.29 is 38.4 Å². The van der Waals surface area contributed by atoms with Gasteiger partial charge < -0.3 is 4.74 Å². The Kier molecular flexibility index (Phi) is 9.07. The number of carbonyl (C=O) groups is 1. The molecule has 3 rings (SSSR count). The van der Waals surface area contributed by atoms with E-state index in [4.69, 9.17) is 18.6 Å². The van der Waals surface area contributed by atoms with Crippen LogP contribution in [0.25, 0.3) is 20.9 Å². The van der Waals surface area contributed by atoms with Gasteiger partial charge in [0.15, 0.2) is 0 Å². The number of esters is 1. The molecule has 0 aliphatic carbocycles. The molecule has 1 aromatic heterocycles. The summed E-state index contributed by atoms with van der Waals surface area (Å²) in [6.07, 6.45) is 4.00. The van der Waals surface area contributed by atoms with Crippen LogP contribution in [0.1, 0.15) is 5.56 Å². The van der Waals surface area contributed by atoms with Crippen molar-refractivity contribution in [3.8, 4) is 20.9 Å². The summed E-state index contributed by atoms with van der Waals surface area (Å²) in [4.78, 5) is 13.7. The average molecular weight is 447 g/mol. The summed E-state index contributed by atoms with van der Waals surface area (Å²) < 4.78 is 38.6. The lowest BCUT2D eigenvalue weighted by Gasteiger charge is -2.17. The molecule has 0 fully saturated rings. The Balaban J connectivity index is 0.000000575. The predicted octanol–water partition coefficient (Wildman–Crippen LogP) is 0.879. The maximum atomic E-state index is 11.3. The first-order valence-corrected chi connectivity index (χ1v) is 10.8. The van der Waals surface area contributed by atoms with Crippen LogP contribution in [0.15, 0.2) is 84.9 Å². The van der Waals surface area contributed by atoms with Crippen molar-refractivity contribution in [2.45, 2.75) is 6.42 Å². The molecule has 30 heavy (non-hydrogen) atoms. The minimum Gasteiger partial charge on any atom is -0.466 e. The van der Waals surface area contributed by atoms with Gasteiger partial charge in [-0.3, -0.25) is 0 Å². The zero-order valence-corrected chi connectivity index (χ0v) is 17.6. The largest absolute Gasteiger partial charge is 0.466 e. The topological polar surface area (TPSA) is 119 Å². The molecule has 0 saturated heterocycles. The van der Waals surface area contributed by atoms with Gasteiger partial charge in [-0.25, -0.2) is 23.4 Å². The van der Waals surface area contributed by atoms with Gasteiger partial charge in [-0.1, -0.05) is 42.5 Å². The van der Waals surface area contributed by atoms with Crippen LogP contribution in [-0.4, -0.2) is 13.1 Å². The van der Waals surface area contributed by atoms with Crippen LogP contribution < -0.4 is 18.6 Å². The molecule has 0 bridgehead atoms. The molecule has 0 saturated carbocycles. The second kappa shape index (κ2) is 11.5. The Hall–Kier alpha value is -2.65. The van der Waals surface area contributed by atoms with Crippen molar-refractivity contribution >= 4 is 17.3 Å². The number of halogens is 1. The molecule has 3 aromatic rings. The molecule has 0 aliphatic heterocycles. The molecule has 0 radical (unpaired) electrons. The smallest absolute Gasteiger partial charge is 0.330 e. The van der Waals surface area contributed by atoms with E-state index >= 15 is 0 Å². The summed E-state index contributed by atoms with van der Waals surface area (Å²) in [5.41, 5.74) is 3.56. The molecule has 0 unspecified atom stereocenters. The van der Waals surface area contributed by atoms with Crippen LogP contribution in [0.4, 0.5) is 0 Å². The summed E-state index contributed by atoms with van der Waals surface area (Å²) in [7, 11) is -3.56. The molecule has 1 heterocycles. The number of rotatable bonds is 5. The van der Waals surface area contributed by atoms with E-state index in [0.717, 1.165) is 5.56 Å². The van der Waals surface area contributed by atoms with Crippen LogP contribution in [0, 0.1) is 10.2 Å². The lowest BCUT2D eigenvalue weighted by atomic mass is 10.1. The van der Waals surface area contributed by atoms with Crippen molar-refractivity contribution in [1.82, 2.24) is 0 Å². The minimum absolute atomic E-state index is 0.328. The van der Waals surface area contributed by atoms with E-state index in [1.807, 2.05) is 42.5 Å². The van der Waals surface area contributed by atoms with E-state index in [2.05, 4.69) is 41.1 Å². The van der Waals surface area contributed by atoms with Gasteiger partial charge >= 0.3 is 5.97 Å². The van der Waals surface area contributed by atoms with Crippen LogP contribution in [0.3, 0.4) is 0 Å². The maximum Gasteiger partial charge on any atom is 0.330 e. The van der Waals surface area contributed by atoms with Crippen molar-refractivity contribution in [2.75, 3.05) is 7.11 Å². The van der Waals surface area contributed by atoms with Gasteiger partial charge in [0.05, 0.1) is 7.11 Å². The van der Waals surface area contributed by atoms with Gasteiger partial charge in [0, 0.05) is 29.3 Å². The van der Waals surface area contributed by atoms with Crippen molar-refractivity contribution in [2.24, 2.45) is 0 Å². The van der Waals surface area contributed by atoms with E-state index in [1.165, 1.54) is 34.1 Å². The van der Waals surface area contributed by atoms with Gasteiger partial charge in [0.2, 0.25) is 21.1 Å². The van der Waals surface area contributed by atoms with Crippen LogP contribution in [0.5, 0.6) is 0 Å². The van der Waals surface area contributed by atoms with E-state index in [1.54, 1.807) is 11.3 Å². The predicted molar refractivity (Wildman–Crippen MR) is 104 cm³/mol. The average Bonchev–Trinajstić information content (AvgIpc) is 2.73. The monoisotopic (exact) mass is 446 g/mol. The summed E-state index contributed by atoms with van der Waals surface area (Å²) >= 11 is 1.77. The molecular formula is C22H19ClO6S. The highest BCUT2D eigenvalue weighted by Gasteiger charge is 2.17. The number of hydrogen-bond donors (Lipinski definition) is 0. The Labute approximate surface area is 180 Å². The summed E-state index contributed by atoms with van der Waals surface area (Å²) in [6.45, 7) is 0. The molecule has 0 N–H and O–H groups in total. The quantitative estimate of drug-likeness (QED) is 0.326. The molecule has 0 aliphatic rings. The molecular weight excluding hydrogens is 428 g/mol. The highest BCUT2D eigenvalue weighted by atomic mass is 35.7. The highest BCUT2D eigenvalue weighted by Crippen LogP contribution is 2.34. The third-order valence-corrected chi connectivity index (χ3v) is 4.93. The fraction of sp³-hybridized carbons (Fsp3) is 0.0909. The van der Waals surface area contributed by atoms with E-state index in [0.29, 0.717) is 6.42 Å². The molecule has 8 heteroatoms. The lowest BCUT2D eigenvalue weighted by molar-refractivity contribution is -2.00. The summed E-state index contributed by atoms with van der Waals surface area (Å²) in [6, 6.07) is 25.1. The summed E-state index contributed by atoms with van der Waals surface area (Å²) in [5, 5.41) is 0. The van der Waals surface area contributed by atoms with Gasteiger partial charge in [-0.15, -0.1) is 10.2 Å². The highest BCUT2D eigenvalue weighted by molar-refractivity contribution is 7.18. The third-order valence-electron chi connectivity index (χ3n) is 3.78. The van der Waals surface area contributed by atoms with Crippen LogP contribution in [-0.2, 0) is 16.0 Å². The number of benzene rings is 2.